The lowest BCUT2D eigenvalue weighted by molar-refractivity contribution is 0.0962. The van der Waals surface area contributed by atoms with Crippen molar-refractivity contribution in [3.05, 3.63) is 68.5 Å². The van der Waals surface area contributed by atoms with Gasteiger partial charge in [-0.15, -0.1) is 0 Å². The number of hydrogen-bond acceptors (Lipinski definition) is 3. The van der Waals surface area contributed by atoms with Crippen LogP contribution in [0.1, 0.15) is 10.4 Å². The van der Waals surface area contributed by atoms with Crippen molar-refractivity contribution in [3.63, 3.8) is 0 Å². The van der Waals surface area contributed by atoms with Gasteiger partial charge in [0.05, 0.1) is 12.1 Å². The van der Waals surface area contributed by atoms with Gasteiger partial charge in [0.2, 0.25) is 0 Å². The van der Waals surface area contributed by atoms with Crippen molar-refractivity contribution in [1.29, 1.82) is 0 Å². The first-order valence-corrected chi connectivity index (χ1v) is 5.26. The molecule has 0 amide bonds. The molecule has 2 rings (SSSR count). The summed E-state index contributed by atoms with van der Waals surface area (Å²) in [6, 6.07) is 4.07. The lowest BCUT2D eigenvalue weighted by atomic mass is 10.1. The molecule has 5 nitrogen and oxygen atoms in total. The van der Waals surface area contributed by atoms with E-state index in [1.807, 2.05) is 4.98 Å². The van der Waals surface area contributed by atoms with E-state index in [1.54, 1.807) is 0 Å². The van der Waals surface area contributed by atoms with Crippen LogP contribution in [0.5, 0.6) is 0 Å². The molecule has 0 bridgehead atoms. The van der Waals surface area contributed by atoms with Gasteiger partial charge in [0, 0.05) is 12.3 Å². The van der Waals surface area contributed by atoms with Crippen LogP contribution in [0.25, 0.3) is 0 Å². The van der Waals surface area contributed by atoms with Crippen molar-refractivity contribution < 1.29 is 13.6 Å². The van der Waals surface area contributed by atoms with Crippen LogP contribution >= 0.6 is 0 Å². The molecule has 98 valence electrons. The van der Waals surface area contributed by atoms with Gasteiger partial charge in [-0.05, 0) is 12.1 Å². The fraction of sp³-hybridized carbons (Fsp3) is 0.0833. The van der Waals surface area contributed by atoms with Gasteiger partial charge in [-0.3, -0.25) is 19.1 Å². The van der Waals surface area contributed by atoms with Crippen LogP contribution in [-0.4, -0.2) is 15.3 Å². The first-order chi connectivity index (χ1) is 8.99. The zero-order valence-electron chi connectivity index (χ0n) is 9.52. The number of aromatic amines is 1. The van der Waals surface area contributed by atoms with E-state index in [1.165, 1.54) is 0 Å². The number of hydrogen-bond donors (Lipinski definition) is 1. The predicted molar refractivity (Wildman–Crippen MR) is 62.0 cm³/mol. The number of Topliss-reactive ketones (excluding diaryl/α,β-unsaturated/α-hetero) is 1. The topological polar surface area (TPSA) is 71.9 Å². The second-order valence-corrected chi connectivity index (χ2v) is 3.76. The molecule has 0 saturated carbocycles. The summed E-state index contributed by atoms with van der Waals surface area (Å²) in [6.45, 7) is -0.562. The summed E-state index contributed by atoms with van der Waals surface area (Å²) in [6.07, 6.45) is 1.08. The number of benzene rings is 1. The molecule has 0 fully saturated rings. The van der Waals surface area contributed by atoms with Crippen LogP contribution in [0.3, 0.4) is 0 Å². The molecule has 0 aliphatic rings. The van der Waals surface area contributed by atoms with E-state index in [9.17, 15) is 23.2 Å². The van der Waals surface area contributed by atoms with E-state index >= 15 is 0 Å². The third-order valence-corrected chi connectivity index (χ3v) is 2.45. The molecule has 1 heterocycles. The minimum atomic E-state index is -0.998. The number of halogens is 2. The van der Waals surface area contributed by atoms with E-state index in [0.717, 1.165) is 35.0 Å². The summed E-state index contributed by atoms with van der Waals surface area (Å²) in [5.74, 6) is -2.89. The average Bonchev–Trinajstić information content (AvgIpc) is 2.32. The molecule has 0 aliphatic heterocycles. The third-order valence-electron chi connectivity index (χ3n) is 2.45. The number of H-pyrrole nitrogens is 1. The Morgan fingerprint density at radius 3 is 2.37 bits per heavy atom. The molecular weight excluding hydrogens is 258 g/mol. The van der Waals surface area contributed by atoms with Crippen LogP contribution in [0.15, 0.2) is 40.1 Å². The lowest BCUT2D eigenvalue weighted by Gasteiger charge is -2.05. The highest BCUT2D eigenvalue weighted by molar-refractivity contribution is 5.96. The number of rotatable bonds is 3. The van der Waals surface area contributed by atoms with E-state index in [2.05, 4.69) is 0 Å². The molecule has 0 unspecified atom stereocenters. The molecule has 1 N–H and O–H groups in total. The van der Waals surface area contributed by atoms with E-state index < -0.39 is 40.8 Å². The van der Waals surface area contributed by atoms with Gasteiger partial charge in [-0.2, -0.15) is 0 Å². The van der Waals surface area contributed by atoms with Crippen molar-refractivity contribution in [3.8, 4) is 0 Å². The Labute approximate surface area is 105 Å². The van der Waals surface area contributed by atoms with Crippen LogP contribution in [0.2, 0.25) is 0 Å². The number of nitrogens with zero attached hydrogens (tertiary/aromatic N) is 1. The summed E-state index contributed by atoms with van der Waals surface area (Å²) in [7, 11) is 0. The maximum Gasteiger partial charge on any atom is 0.328 e. The van der Waals surface area contributed by atoms with Gasteiger partial charge >= 0.3 is 5.69 Å². The largest absolute Gasteiger partial charge is 0.328 e. The number of aromatic nitrogens is 2. The fourth-order valence-electron chi connectivity index (χ4n) is 1.57. The minimum Gasteiger partial charge on any atom is -0.293 e. The molecule has 1 aromatic heterocycles. The van der Waals surface area contributed by atoms with Gasteiger partial charge in [0.25, 0.3) is 5.56 Å². The second-order valence-electron chi connectivity index (χ2n) is 3.76. The molecule has 0 saturated heterocycles. The summed E-state index contributed by atoms with van der Waals surface area (Å²) < 4.78 is 27.6. The summed E-state index contributed by atoms with van der Waals surface area (Å²) >= 11 is 0. The molecule has 7 heteroatoms. The highest BCUT2D eigenvalue weighted by Crippen LogP contribution is 2.13. The molecule has 1 aromatic carbocycles. The summed E-state index contributed by atoms with van der Waals surface area (Å²) in [5.41, 5.74) is -2.15. The number of ketones is 1. The number of carbonyl (C=O) groups excluding carboxylic acids is 1. The van der Waals surface area contributed by atoms with E-state index in [-0.39, 0.29) is 0 Å². The van der Waals surface area contributed by atoms with E-state index in [0.29, 0.717) is 0 Å². The van der Waals surface area contributed by atoms with Crippen molar-refractivity contribution in [1.82, 2.24) is 9.55 Å². The Balaban J connectivity index is 2.36. The van der Waals surface area contributed by atoms with Gasteiger partial charge in [0.15, 0.2) is 5.78 Å². The first kappa shape index (κ1) is 12.9. The van der Waals surface area contributed by atoms with Crippen molar-refractivity contribution in [2.24, 2.45) is 0 Å². The van der Waals surface area contributed by atoms with Gasteiger partial charge in [-0.25, -0.2) is 13.6 Å². The Morgan fingerprint density at radius 2 is 1.79 bits per heavy atom. The van der Waals surface area contributed by atoms with Crippen molar-refractivity contribution in [2.45, 2.75) is 6.54 Å². The monoisotopic (exact) mass is 266 g/mol. The maximum atomic E-state index is 13.4. The van der Waals surface area contributed by atoms with Crippen LogP contribution in [0, 0.1) is 11.6 Å². The average molecular weight is 266 g/mol. The standard InChI is InChI=1S/C12H8F2N2O3/c13-7-2-1-3-8(14)11(7)9(17)6-16-5-4-10(18)15-12(16)19/h1-5H,6H2,(H,15,18,19). The Hall–Kier alpha value is -2.57. The zero-order valence-corrected chi connectivity index (χ0v) is 9.52. The quantitative estimate of drug-likeness (QED) is 0.831. The number of nitrogens with one attached hydrogen (secondary N) is 1. The Bertz CT molecular complexity index is 729. The molecule has 0 atom stereocenters. The molecular formula is C12H8F2N2O3. The van der Waals surface area contributed by atoms with Crippen LogP contribution in [0.4, 0.5) is 8.78 Å². The Morgan fingerprint density at radius 1 is 1.16 bits per heavy atom. The lowest BCUT2D eigenvalue weighted by Crippen LogP contribution is -2.31. The van der Waals surface area contributed by atoms with E-state index in [4.69, 9.17) is 0 Å². The minimum absolute atomic E-state index is 0.562. The first-order valence-electron chi connectivity index (χ1n) is 5.26. The zero-order chi connectivity index (χ0) is 14.0. The van der Waals surface area contributed by atoms with Crippen LogP contribution in [-0.2, 0) is 6.54 Å². The van der Waals surface area contributed by atoms with Gasteiger partial charge in [0.1, 0.15) is 11.6 Å². The summed E-state index contributed by atoms with van der Waals surface area (Å²) in [4.78, 5) is 35.9. The second kappa shape index (κ2) is 4.97. The number of carbonyl (C=O) groups is 1. The molecule has 0 aliphatic carbocycles. The van der Waals surface area contributed by atoms with Gasteiger partial charge < -0.3 is 0 Å². The van der Waals surface area contributed by atoms with Gasteiger partial charge in [-0.1, -0.05) is 6.07 Å². The smallest absolute Gasteiger partial charge is 0.293 e. The molecule has 2 aromatic rings. The Kier molecular flexibility index (Phi) is 3.37. The predicted octanol–water partition coefficient (Wildman–Crippen LogP) is 0.698. The SMILES string of the molecule is O=C(Cn1ccc(=O)[nH]c1=O)c1c(F)cccc1F. The highest BCUT2D eigenvalue weighted by Gasteiger charge is 2.17. The summed E-state index contributed by atoms with van der Waals surface area (Å²) in [5, 5.41) is 0. The maximum absolute atomic E-state index is 13.4. The van der Waals surface area contributed by atoms with Crippen molar-refractivity contribution in [2.75, 3.05) is 0 Å². The molecule has 19 heavy (non-hydrogen) atoms. The highest BCUT2D eigenvalue weighted by atomic mass is 19.1. The van der Waals surface area contributed by atoms with Crippen LogP contribution < -0.4 is 11.2 Å². The molecule has 0 radical (unpaired) electrons. The molecule has 0 spiro atoms. The third kappa shape index (κ3) is 2.65. The normalized spacial score (nSPS) is 10.4. The fourth-order valence-corrected chi connectivity index (χ4v) is 1.57. The van der Waals surface area contributed by atoms with Crippen molar-refractivity contribution >= 4 is 5.78 Å².